The number of rotatable bonds is 9. The van der Waals surface area contributed by atoms with Gasteiger partial charge in [-0.1, -0.05) is 19.1 Å². The SMILES string of the molecule is CCCOc1c(I)cc(C(=O)Nc2ccc(Oc3ccccc3OC)cc2)cc1OC. The first-order valence-corrected chi connectivity index (χ1v) is 10.9. The smallest absolute Gasteiger partial charge is 0.255 e. The highest BCUT2D eigenvalue weighted by molar-refractivity contribution is 14.1. The highest BCUT2D eigenvalue weighted by Crippen LogP contribution is 2.35. The van der Waals surface area contributed by atoms with Gasteiger partial charge in [-0.15, -0.1) is 0 Å². The number of anilines is 1. The predicted octanol–water partition coefficient (Wildman–Crippen LogP) is 6.14. The second-order valence-electron chi connectivity index (χ2n) is 6.57. The number of hydrogen-bond acceptors (Lipinski definition) is 5. The van der Waals surface area contributed by atoms with E-state index in [1.54, 1.807) is 50.6 Å². The van der Waals surface area contributed by atoms with E-state index in [0.29, 0.717) is 46.6 Å². The molecule has 1 amide bonds. The Labute approximate surface area is 195 Å². The summed E-state index contributed by atoms with van der Waals surface area (Å²) in [5.74, 6) is 2.85. The van der Waals surface area contributed by atoms with Gasteiger partial charge in [0.05, 0.1) is 24.4 Å². The summed E-state index contributed by atoms with van der Waals surface area (Å²) in [7, 11) is 3.16. The van der Waals surface area contributed by atoms with E-state index in [9.17, 15) is 4.79 Å². The summed E-state index contributed by atoms with van der Waals surface area (Å²) in [6.45, 7) is 2.62. The summed E-state index contributed by atoms with van der Waals surface area (Å²) in [4.78, 5) is 12.8. The van der Waals surface area contributed by atoms with Gasteiger partial charge < -0.3 is 24.3 Å². The monoisotopic (exact) mass is 533 g/mol. The molecule has 3 aromatic carbocycles. The number of ether oxygens (including phenoxy) is 4. The van der Waals surface area contributed by atoms with Crippen LogP contribution in [0.3, 0.4) is 0 Å². The van der Waals surface area contributed by atoms with Crippen molar-refractivity contribution in [3.8, 4) is 28.7 Å². The Bertz CT molecular complexity index is 1040. The summed E-state index contributed by atoms with van der Waals surface area (Å²) < 4.78 is 23.2. The van der Waals surface area contributed by atoms with E-state index < -0.39 is 0 Å². The molecule has 162 valence electrons. The molecule has 0 aliphatic carbocycles. The molecule has 31 heavy (non-hydrogen) atoms. The van der Waals surface area contributed by atoms with Crippen molar-refractivity contribution in [1.29, 1.82) is 0 Å². The zero-order chi connectivity index (χ0) is 22.2. The summed E-state index contributed by atoms with van der Waals surface area (Å²) in [6.07, 6.45) is 0.887. The molecule has 0 unspecified atom stereocenters. The maximum Gasteiger partial charge on any atom is 0.255 e. The zero-order valence-corrected chi connectivity index (χ0v) is 19.8. The minimum absolute atomic E-state index is 0.239. The molecule has 0 atom stereocenters. The van der Waals surface area contributed by atoms with Crippen molar-refractivity contribution in [2.24, 2.45) is 0 Å². The van der Waals surface area contributed by atoms with Crippen molar-refractivity contribution in [2.45, 2.75) is 13.3 Å². The fraction of sp³-hybridized carbons (Fsp3) is 0.208. The van der Waals surface area contributed by atoms with E-state index in [4.69, 9.17) is 18.9 Å². The van der Waals surface area contributed by atoms with Crippen LogP contribution < -0.4 is 24.3 Å². The van der Waals surface area contributed by atoms with E-state index >= 15 is 0 Å². The molecule has 0 saturated heterocycles. The molecule has 3 rings (SSSR count). The summed E-state index contributed by atoms with van der Waals surface area (Å²) in [5, 5.41) is 2.89. The lowest BCUT2D eigenvalue weighted by molar-refractivity contribution is 0.102. The predicted molar refractivity (Wildman–Crippen MR) is 129 cm³/mol. The van der Waals surface area contributed by atoms with Crippen LogP contribution in [0, 0.1) is 3.57 Å². The zero-order valence-electron chi connectivity index (χ0n) is 17.6. The fourth-order valence-electron chi connectivity index (χ4n) is 2.83. The van der Waals surface area contributed by atoms with E-state index in [0.717, 1.165) is 9.99 Å². The van der Waals surface area contributed by atoms with Crippen molar-refractivity contribution in [1.82, 2.24) is 0 Å². The third-order valence-electron chi connectivity index (χ3n) is 4.35. The largest absolute Gasteiger partial charge is 0.493 e. The van der Waals surface area contributed by atoms with Crippen LogP contribution in [0.5, 0.6) is 28.7 Å². The highest BCUT2D eigenvalue weighted by atomic mass is 127. The van der Waals surface area contributed by atoms with Crippen LogP contribution in [0.2, 0.25) is 0 Å². The molecule has 0 aromatic heterocycles. The van der Waals surface area contributed by atoms with Crippen LogP contribution in [0.4, 0.5) is 5.69 Å². The van der Waals surface area contributed by atoms with Crippen molar-refractivity contribution in [3.63, 3.8) is 0 Å². The molecular formula is C24H24INO5. The molecule has 0 aliphatic heterocycles. The molecule has 3 aromatic rings. The normalized spacial score (nSPS) is 10.3. The first-order valence-electron chi connectivity index (χ1n) is 9.78. The van der Waals surface area contributed by atoms with Gasteiger partial charge in [-0.05, 0) is 77.5 Å². The third kappa shape index (κ3) is 5.81. The molecule has 7 heteroatoms. The van der Waals surface area contributed by atoms with Gasteiger partial charge in [0.15, 0.2) is 23.0 Å². The van der Waals surface area contributed by atoms with Crippen molar-refractivity contribution in [2.75, 3.05) is 26.1 Å². The number of para-hydroxylation sites is 2. The number of amides is 1. The molecule has 0 bridgehead atoms. The van der Waals surface area contributed by atoms with Gasteiger partial charge in [0.1, 0.15) is 5.75 Å². The average molecular weight is 533 g/mol. The topological polar surface area (TPSA) is 66.0 Å². The Balaban J connectivity index is 1.71. The van der Waals surface area contributed by atoms with Gasteiger partial charge in [0.25, 0.3) is 5.91 Å². The maximum absolute atomic E-state index is 12.8. The second-order valence-corrected chi connectivity index (χ2v) is 7.73. The lowest BCUT2D eigenvalue weighted by atomic mass is 10.1. The van der Waals surface area contributed by atoms with E-state index in [1.807, 2.05) is 31.2 Å². The number of hydrogen-bond donors (Lipinski definition) is 1. The van der Waals surface area contributed by atoms with Crippen molar-refractivity contribution < 1.29 is 23.7 Å². The van der Waals surface area contributed by atoms with E-state index in [1.165, 1.54) is 0 Å². The van der Waals surface area contributed by atoms with E-state index in [-0.39, 0.29) is 5.91 Å². The van der Waals surface area contributed by atoms with Gasteiger partial charge in [-0.2, -0.15) is 0 Å². The number of carbonyl (C=O) groups excluding carboxylic acids is 1. The standard InChI is InChI=1S/C24H24INO5/c1-4-13-30-23-19(25)14-16(15-22(23)29-3)24(27)26-17-9-11-18(12-10-17)31-21-8-6-5-7-20(21)28-2/h5-12,14-15H,4,13H2,1-3H3,(H,26,27). The maximum atomic E-state index is 12.8. The number of methoxy groups -OCH3 is 2. The Hall–Kier alpha value is -2.94. The molecule has 0 spiro atoms. The van der Waals surface area contributed by atoms with Gasteiger partial charge in [0.2, 0.25) is 0 Å². The van der Waals surface area contributed by atoms with E-state index in [2.05, 4.69) is 27.9 Å². The van der Waals surface area contributed by atoms with Gasteiger partial charge in [0, 0.05) is 11.3 Å². The van der Waals surface area contributed by atoms with Crippen molar-refractivity contribution >= 4 is 34.2 Å². The minimum Gasteiger partial charge on any atom is -0.493 e. The Morgan fingerprint density at radius 1 is 0.935 bits per heavy atom. The first kappa shape index (κ1) is 22.7. The molecule has 0 radical (unpaired) electrons. The van der Waals surface area contributed by atoms with Gasteiger partial charge in [-0.3, -0.25) is 4.79 Å². The number of carbonyl (C=O) groups is 1. The molecule has 0 fully saturated rings. The molecule has 0 saturated carbocycles. The first-order chi connectivity index (χ1) is 15.0. The van der Waals surface area contributed by atoms with Crippen LogP contribution in [0.25, 0.3) is 0 Å². The third-order valence-corrected chi connectivity index (χ3v) is 5.15. The quantitative estimate of drug-likeness (QED) is 0.335. The number of nitrogens with one attached hydrogen (secondary N) is 1. The second kappa shape index (κ2) is 10.9. The summed E-state index contributed by atoms with van der Waals surface area (Å²) in [6, 6.07) is 18.0. The average Bonchev–Trinajstić information content (AvgIpc) is 2.79. The van der Waals surface area contributed by atoms with Crippen molar-refractivity contribution in [3.05, 3.63) is 69.8 Å². The van der Waals surface area contributed by atoms with Crippen LogP contribution >= 0.6 is 22.6 Å². The Morgan fingerprint density at radius 2 is 1.61 bits per heavy atom. The van der Waals surface area contributed by atoms with Crippen LogP contribution in [0.15, 0.2) is 60.7 Å². The Morgan fingerprint density at radius 3 is 2.26 bits per heavy atom. The Kier molecular flexibility index (Phi) is 8.00. The lowest BCUT2D eigenvalue weighted by Crippen LogP contribution is -2.13. The molecular weight excluding hydrogens is 509 g/mol. The number of benzene rings is 3. The minimum atomic E-state index is -0.239. The van der Waals surface area contributed by atoms with Crippen LogP contribution in [-0.2, 0) is 0 Å². The number of halogens is 1. The van der Waals surface area contributed by atoms with Crippen LogP contribution in [-0.4, -0.2) is 26.7 Å². The van der Waals surface area contributed by atoms with Crippen LogP contribution in [0.1, 0.15) is 23.7 Å². The van der Waals surface area contributed by atoms with Gasteiger partial charge in [-0.25, -0.2) is 0 Å². The fourth-order valence-corrected chi connectivity index (χ4v) is 3.59. The molecule has 0 aliphatic rings. The lowest BCUT2D eigenvalue weighted by Gasteiger charge is -2.14. The molecule has 0 heterocycles. The molecule has 1 N–H and O–H groups in total. The highest BCUT2D eigenvalue weighted by Gasteiger charge is 2.16. The van der Waals surface area contributed by atoms with Gasteiger partial charge >= 0.3 is 0 Å². The molecule has 6 nitrogen and oxygen atoms in total. The summed E-state index contributed by atoms with van der Waals surface area (Å²) in [5.41, 5.74) is 1.14. The summed E-state index contributed by atoms with van der Waals surface area (Å²) >= 11 is 2.15.